The third-order valence-corrected chi connectivity index (χ3v) is 5.10. The number of nitrogens with one attached hydrogen (secondary N) is 1. The molecule has 2 aromatic carbocycles. The van der Waals surface area contributed by atoms with Gasteiger partial charge in [0.1, 0.15) is 11.5 Å². The zero-order chi connectivity index (χ0) is 19.1. The van der Waals surface area contributed by atoms with E-state index in [-0.39, 0.29) is 12.3 Å². The van der Waals surface area contributed by atoms with Crippen LogP contribution in [-0.4, -0.2) is 30.4 Å². The molecule has 4 rings (SSSR count). The van der Waals surface area contributed by atoms with Crippen molar-refractivity contribution in [2.75, 3.05) is 13.8 Å². The van der Waals surface area contributed by atoms with Gasteiger partial charge in [-0.05, 0) is 44.5 Å². The van der Waals surface area contributed by atoms with Crippen molar-refractivity contribution in [1.82, 2.24) is 10.4 Å². The van der Waals surface area contributed by atoms with Gasteiger partial charge in [-0.25, -0.2) is 14.9 Å². The minimum atomic E-state index is -1.07. The van der Waals surface area contributed by atoms with Crippen LogP contribution in [0.1, 0.15) is 38.3 Å². The lowest BCUT2D eigenvalue weighted by molar-refractivity contribution is -0.156. The van der Waals surface area contributed by atoms with Gasteiger partial charge >= 0.3 is 0 Å². The Morgan fingerprint density at radius 1 is 1.04 bits per heavy atom. The van der Waals surface area contributed by atoms with Crippen LogP contribution in [0.15, 0.2) is 53.5 Å². The Balaban J connectivity index is 1.92. The van der Waals surface area contributed by atoms with Crippen molar-refractivity contribution in [1.29, 1.82) is 0 Å². The van der Waals surface area contributed by atoms with Crippen LogP contribution in [0.4, 0.5) is 0 Å². The lowest BCUT2D eigenvalue weighted by Gasteiger charge is -2.31. The molecule has 0 fully saturated rings. The third-order valence-electron chi connectivity index (χ3n) is 5.10. The van der Waals surface area contributed by atoms with E-state index in [1.165, 1.54) is 0 Å². The summed E-state index contributed by atoms with van der Waals surface area (Å²) in [6.45, 7) is 6.56. The van der Waals surface area contributed by atoms with Crippen molar-refractivity contribution in [3.63, 3.8) is 0 Å². The first kappa shape index (κ1) is 17.7. The molecule has 0 atom stereocenters. The van der Waals surface area contributed by atoms with Crippen molar-refractivity contribution in [3.05, 3.63) is 59.7 Å². The molecule has 0 saturated carbocycles. The molecule has 2 aliphatic heterocycles. The monoisotopic (exact) mass is 367 g/mol. The summed E-state index contributed by atoms with van der Waals surface area (Å²) in [6, 6.07) is 15.6. The van der Waals surface area contributed by atoms with Crippen LogP contribution in [0.5, 0.6) is 11.5 Å². The van der Waals surface area contributed by atoms with Crippen molar-refractivity contribution >= 4 is 5.96 Å². The molecule has 0 radical (unpaired) electrons. The fourth-order valence-corrected chi connectivity index (χ4v) is 3.24. The molecule has 0 unspecified atom stereocenters. The SMILES string of the molecule is CCC(C)(C)NC1=NC2(ON1C)c1ccccc1OCOc1ccccc12. The summed E-state index contributed by atoms with van der Waals surface area (Å²) in [5.41, 5.74) is 0.502. The predicted octanol–water partition coefficient (Wildman–Crippen LogP) is 3.63. The van der Waals surface area contributed by atoms with Gasteiger partial charge in [-0.15, -0.1) is 0 Å². The molecular weight excluding hydrogens is 342 g/mol. The van der Waals surface area contributed by atoms with E-state index in [1.54, 1.807) is 5.06 Å². The van der Waals surface area contributed by atoms with Crippen LogP contribution in [0.2, 0.25) is 0 Å². The van der Waals surface area contributed by atoms with Crippen LogP contribution in [-0.2, 0) is 10.6 Å². The Morgan fingerprint density at radius 3 is 2.15 bits per heavy atom. The molecule has 0 saturated heterocycles. The largest absolute Gasteiger partial charge is 0.457 e. The first-order valence-corrected chi connectivity index (χ1v) is 9.21. The highest BCUT2D eigenvalue weighted by Crippen LogP contribution is 2.47. The molecule has 6 heteroatoms. The van der Waals surface area contributed by atoms with E-state index in [1.807, 2.05) is 55.6 Å². The summed E-state index contributed by atoms with van der Waals surface area (Å²) in [5.74, 6) is 2.06. The normalized spacial score (nSPS) is 17.8. The van der Waals surface area contributed by atoms with E-state index in [9.17, 15) is 0 Å². The summed E-state index contributed by atoms with van der Waals surface area (Å²) >= 11 is 0. The molecule has 0 aromatic heterocycles. The molecule has 0 aliphatic carbocycles. The Morgan fingerprint density at radius 2 is 1.59 bits per heavy atom. The van der Waals surface area contributed by atoms with Crippen molar-refractivity contribution in [2.45, 2.75) is 38.5 Å². The zero-order valence-electron chi connectivity index (χ0n) is 16.2. The fourth-order valence-electron chi connectivity index (χ4n) is 3.24. The van der Waals surface area contributed by atoms with Crippen LogP contribution >= 0.6 is 0 Å². The number of nitrogens with zero attached hydrogens (tertiary/aromatic N) is 2. The van der Waals surface area contributed by atoms with Crippen LogP contribution < -0.4 is 14.8 Å². The fraction of sp³-hybridized carbons (Fsp3) is 0.381. The average Bonchev–Trinajstić information content (AvgIpc) is 2.98. The molecule has 27 heavy (non-hydrogen) atoms. The Hall–Kier alpha value is -2.73. The van der Waals surface area contributed by atoms with Gasteiger partial charge < -0.3 is 14.8 Å². The minimum absolute atomic E-state index is 0.115. The van der Waals surface area contributed by atoms with E-state index in [2.05, 4.69) is 26.1 Å². The molecule has 1 N–H and O–H groups in total. The van der Waals surface area contributed by atoms with E-state index in [0.29, 0.717) is 17.5 Å². The molecule has 2 aromatic rings. The summed E-state index contributed by atoms with van der Waals surface area (Å²) in [6.07, 6.45) is 0.951. The topological polar surface area (TPSA) is 55.3 Å². The number of rotatable bonds is 2. The van der Waals surface area contributed by atoms with Crippen LogP contribution in [0.25, 0.3) is 0 Å². The summed E-state index contributed by atoms with van der Waals surface area (Å²) in [4.78, 5) is 11.4. The molecular formula is C21H25N3O3. The van der Waals surface area contributed by atoms with Gasteiger partial charge in [-0.1, -0.05) is 31.2 Å². The molecule has 6 nitrogen and oxygen atoms in total. The Labute approximate surface area is 159 Å². The number of ether oxygens (including phenoxy) is 2. The van der Waals surface area contributed by atoms with Crippen LogP contribution in [0, 0.1) is 0 Å². The zero-order valence-corrected chi connectivity index (χ0v) is 16.2. The smallest absolute Gasteiger partial charge is 0.247 e. The van der Waals surface area contributed by atoms with Crippen molar-refractivity contribution in [3.8, 4) is 11.5 Å². The summed E-state index contributed by atoms with van der Waals surface area (Å²) in [7, 11) is 1.86. The first-order valence-electron chi connectivity index (χ1n) is 9.21. The molecule has 0 amide bonds. The van der Waals surface area contributed by atoms with E-state index in [4.69, 9.17) is 19.3 Å². The van der Waals surface area contributed by atoms with Crippen molar-refractivity contribution in [2.24, 2.45) is 4.99 Å². The molecule has 2 heterocycles. The lowest BCUT2D eigenvalue weighted by Crippen LogP contribution is -2.47. The number of fused-ring (bicyclic) bond motifs is 4. The highest BCUT2D eigenvalue weighted by molar-refractivity contribution is 5.82. The van der Waals surface area contributed by atoms with Gasteiger partial charge in [0.2, 0.25) is 18.5 Å². The Kier molecular flexibility index (Phi) is 4.23. The number of aliphatic imine (C=N–C) groups is 1. The molecule has 1 spiro atoms. The number of hydrogen-bond donors (Lipinski definition) is 1. The molecule has 0 bridgehead atoms. The summed E-state index contributed by atoms with van der Waals surface area (Å²) < 4.78 is 11.7. The van der Waals surface area contributed by atoms with Gasteiger partial charge in [0.15, 0.2) is 0 Å². The quantitative estimate of drug-likeness (QED) is 0.878. The predicted molar refractivity (Wildman–Crippen MR) is 104 cm³/mol. The van der Waals surface area contributed by atoms with E-state index >= 15 is 0 Å². The lowest BCUT2D eigenvalue weighted by atomic mass is 9.93. The number of hydroxylamine groups is 2. The highest BCUT2D eigenvalue weighted by atomic mass is 16.7. The van der Waals surface area contributed by atoms with Gasteiger partial charge in [0.05, 0.1) is 11.1 Å². The minimum Gasteiger partial charge on any atom is -0.457 e. The first-order chi connectivity index (χ1) is 13.0. The molecule has 142 valence electrons. The number of hydrogen-bond acceptors (Lipinski definition) is 6. The second-order valence-electron chi connectivity index (χ2n) is 7.43. The van der Waals surface area contributed by atoms with Crippen molar-refractivity contribution < 1.29 is 14.3 Å². The van der Waals surface area contributed by atoms with Gasteiger partial charge in [-0.2, -0.15) is 0 Å². The maximum absolute atomic E-state index is 6.39. The van der Waals surface area contributed by atoms with Gasteiger partial charge in [0.25, 0.3) is 0 Å². The van der Waals surface area contributed by atoms with Gasteiger partial charge in [0, 0.05) is 12.6 Å². The van der Waals surface area contributed by atoms with Gasteiger partial charge in [-0.3, -0.25) is 0 Å². The average molecular weight is 367 g/mol. The maximum atomic E-state index is 6.39. The molecule has 2 aliphatic rings. The number of benzene rings is 2. The standard InChI is InChI=1S/C21H25N3O3/c1-5-20(2,3)22-19-23-21(27-24(19)4)15-10-6-8-12-17(15)25-14-26-18-13-9-7-11-16(18)21/h6-13H,5,14H2,1-4H3,(H,22,23). The maximum Gasteiger partial charge on any atom is 0.247 e. The Bertz CT molecular complexity index is 831. The second-order valence-corrected chi connectivity index (χ2v) is 7.43. The third kappa shape index (κ3) is 3.00. The van der Waals surface area contributed by atoms with E-state index in [0.717, 1.165) is 17.5 Å². The number of para-hydroxylation sites is 2. The van der Waals surface area contributed by atoms with Crippen LogP contribution in [0.3, 0.4) is 0 Å². The summed E-state index contributed by atoms with van der Waals surface area (Å²) in [5, 5.41) is 5.18. The van der Waals surface area contributed by atoms with E-state index < -0.39 is 5.72 Å². The highest BCUT2D eigenvalue weighted by Gasteiger charge is 2.48. The number of guanidine groups is 1. The second kappa shape index (κ2) is 6.46.